The number of aryl methyl sites for hydroxylation is 1. The molecule has 1 fully saturated rings. The molecule has 2 heteroatoms. The number of nitrogens with one attached hydrogen (secondary N) is 1. The van der Waals surface area contributed by atoms with Crippen LogP contribution in [0.15, 0.2) is 18.2 Å². The summed E-state index contributed by atoms with van der Waals surface area (Å²) in [7, 11) is 0. The van der Waals surface area contributed by atoms with E-state index in [1.54, 1.807) is 0 Å². The van der Waals surface area contributed by atoms with Crippen molar-refractivity contribution in [1.29, 1.82) is 0 Å². The van der Waals surface area contributed by atoms with Crippen LogP contribution in [0, 0.1) is 6.92 Å². The number of hydrogen-bond acceptors (Lipinski definition) is 1. The van der Waals surface area contributed by atoms with Crippen molar-refractivity contribution < 1.29 is 0 Å². The van der Waals surface area contributed by atoms with E-state index in [4.69, 9.17) is 11.6 Å². The molecule has 0 aromatic heterocycles. The van der Waals surface area contributed by atoms with E-state index >= 15 is 0 Å². The lowest BCUT2D eigenvalue weighted by Gasteiger charge is -2.22. The van der Waals surface area contributed by atoms with E-state index in [0.717, 1.165) is 10.6 Å². The maximum atomic E-state index is 6.15. The van der Waals surface area contributed by atoms with Crippen LogP contribution >= 0.6 is 11.6 Å². The van der Waals surface area contributed by atoms with Crippen LogP contribution in [0.25, 0.3) is 0 Å². The highest BCUT2D eigenvalue weighted by molar-refractivity contribution is 6.31. The molecular weight excluding hydrogens is 230 g/mol. The molecule has 1 aromatic carbocycles. The first-order valence-electron chi connectivity index (χ1n) is 6.78. The van der Waals surface area contributed by atoms with E-state index in [1.165, 1.54) is 50.6 Å². The van der Waals surface area contributed by atoms with E-state index in [1.807, 2.05) is 6.92 Å². The molecule has 0 heterocycles. The third-order valence-corrected chi connectivity index (χ3v) is 4.05. The van der Waals surface area contributed by atoms with E-state index in [9.17, 15) is 0 Å². The Labute approximate surface area is 110 Å². The molecule has 0 amide bonds. The Balaban J connectivity index is 1.95. The van der Waals surface area contributed by atoms with Crippen LogP contribution in [0.4, 0.5) is 5.69 Å². The van der Waals surface area contributed by atoms with Gasteiger partial charge in [-0.15, -0.1) is 0 Å². The lowest BCUT2D eigenvalue weighted by atomic mass is 9.96. The predicted molar refractivity (Wildman–Crippen MR) is 75.9 cm³/mol. The van der Waals surface area contributed by atoms with E-state index in [0.29, 0.717) is 6.04 Å². The van der Waals surface area contributed by atoms with Gasteiger partial charge in [0.1, 0.15) is 0 Å². The van der Waals surface area contributed by atoms with Gasteiger partial charge in [0.15, 0.2) is 0 Å². The second kappa shape index (κ2) is 6.30. The Bertz CT molecular complexity index is 354. The van der Waals surface area contributed by atoms with Gasteiger partial charge in [0.05, 0.1) is 0 Å². The molecule has 1 aromatic rings. The van der Waals surface area contributed by atoms with Crippen molar-refractivity contribution in [2.75, 3.05) is 5.32 Å². The van der Waals surface area contributed by atoms with Crippen molar-refractivity contribution in [3.8, 4) is 0 Å². The number of hydrogen-bond donors (Lipinski definition) is 1. The van der Waals surface area contributed by atoms with Gasteiger partial charge in [-0.2, -0.15) is 0 Å². The fraction of sp³-hybridized carbons (Fsp3) is 0.600. The Morgan fingerprint density at radius 3 is 2.35 bits per heavy atom. The van der Waals surface area contributed by atoms with Crippen molar-refractivity contribution >= 4 is 17.3 Å². The zero-order valence-corrected chi connectivity index (χ0v) is 11.4. The summed E-state index contributed by atoms with van der Waals surface area (Å²) in [5.74, 6) is 0. The third-order valence-electron chi connectivity index (χ3n) is 3.65. The minimum Gasteiger partial charge on any atom is -0.382 e. The molecule has 1 aliphatic rings. The fourth-order valence-corrected chi connectivity index (χ4v) is 2.70. The monoisotopic (exact) mass is 251 g/mol. The lowest BCUT2D eigenvalue weighted by molar-refractivity contribution is 0.471. The van der Waals surface area contributed by atoms with Gasteiger partial charge >= 0.3 is 0 Å². The largest absolute Gasteiger partial charge is 0.382 e. The van der Waals surface area contributed by atoms with Crippen LogP contribution < -0.4 is 5.32 Å². The number of halogens is 1. The van der Waals surface area contributed by atoms with Crippen molar-refractivity contribution in [3.05, 3.63) is 28.8 Å². The van der Waals surface area contributed by atoms with Crippen LogP contribution in [0.1, 0.15) is 50.5 Å². The fourth-order valence-electron chi connectivity index (χ4n) is 2.52. The normalized spacial score (nSPS) is 18.5. The second-order valence-corrected chi connectivity index (χ2v) is 5.56. The molecule has 1 N–H and O–H groups in total. The first kappa shape index (κ1) is 12.8. The zero-order valence-electron chi connectivity index (χ0n) is 10.6. The van der Waals surface area contributed by atoms with Gasteiger partial charge in [0.2, 0.25) is 0 Å². The summed E-state index contributed by atoms with van der Waals surface area (Å²) < 4.78 is 0. The first-order chi connectivity index (χ1) is 8.25. The van der Waals surface area contributed by atoms with Crippen LogP contribution in [-0.4, -0.2) is 6.04 Å². The predicted octanol–water partition coefficient (Wildman–Crippen LogP) is 5.17. The highest BCUT2D eigenvalue weighted by Crippen LogP contribution is 2.24. The zero-order chi connectivity index (χ0) is 12.1. The molecule has 1 saturated carbocycles. The summed E-state index contributed by atoms with van der Waals surface area (Å²) in [6.07, 6.45) is 9.52. The molecule has 94 valence electrons. The molecule has 0 spiro atoms. The molecule has 1 aliphatic carbocycles. The molecular formula is C15H22ClN. The van der Waals surface area contributed by atoms with Gasteiger partial charge in [0.25, 0.3) is 0 Å². The summed E-state index contributed by atoms with van der Waals surface area (Å²) in [5.41, 5.74) is 2.32. The van der Waals surface area contributed by atoms with E-state index in [-0.39, 0.29) is 0 Å². The molecule has 0 aliphatic heterocycles. The van der Waals surface area contributed by atoms with Gasteiger partial charge in [0, 0.05) is 16.8 Å². The number of anilines is 1. The van der Waals surface area contributed by atoms with Crippen molar-refractivity contribution in [1.82, 2.24) is 0 Å². The summed E-state index contributed by atoms with van der Waals surface area (Å²) in [5, 5.41) is 4.49. The third kappa shape index (κ3) is 3.92. The van der Waals surface area contributed by atoms with Gasteiger partial charge < -0.3 is 5.32 Å². The molecule has 17 heavy (non-hydrogen) atoms. The Morgan fingerprint density at radius 1 is 1.06 bits per heavy atom. The average Bonchev–Trinajstić information content (AvgIpc) is 2.27. The summed E-state index contributed by atoms with van der Waals surface area (Å²) >= 11 is 6.15. The molecule has 2 rings (SSSR count). The van der Waals surface area contributed by atoms with Crippen molar-refractivity contribution in [2.24, 2.45) is 0 Å². The quantitative estimate of drug-likeness (QED) is 0.764. The van der Waals surface area contributed by atoms with E-state index in [2.05, 4.69) is 23.5 Å². The summed E-state index contributed by atoms with van der Waals surface area (Å²) in [4.78, 5) is 0. The minimum atomic E-state index is 0.633. The van der Waals surface area contributed by atoms with Crippen molar-refractivity contribution in [3.63, 3.8) is 0 Å². The Hall–Kier alpha value is -0.690. The highest BCUT2D eigenvalue weighted by Gasteiger charge is 2.11. The second-order valence-electron chi connectivity index (χ2n) is 5.15. The Kier molecular flexibility index (Phi) is 4.73. The topological polar surface area (TPSA) is 12.0 Å². The first-order valence-corrected chi connectivity index (χ1v) is 7.16. The van der Waals surface area contributed by atoms with Gasteiger partial charge in [-0.3, -0.25) is 0 Å². The Morgan fingerprint density at radius 2 is 1.71 bits per heavy atom. The summed E-state index contributed by atoms with van der Waals surface area (Å²) in [6.45, 7) is 2.04. The number of rotatable bonds is 2. The SMILES string of the molecule is Cc1ccc(NC2CCCCCCC2)cc1Cl. The summed E-state index contributed by atoms with van der Waals surface area (Å²) in [6, 6.07) is 6.91. The molecule has 0 unspecified atom stereocenters. The van der Waals surface area contributed by atoms with Gasteiger partial charge in [-0.05, 0) is 37.5 Å². The van der Waals surface area contributed by atoms with E-state index < -0.39 is 0 Å². The lowest BCUT2D eigenvalue weighted by Crippen LogP contribution is -2.20. The van der Waals surface area contributed by atoms with Crippen LogP contribution in [0.5, 0.6) is 0 Å². The molecule has 1 nitrogen and oxygen atoms in total. The van der Waals surface area contributed by atoms with Gasteiger partial charge in [-0.25, -0.2) is 0 Å². The molecule has 0 atom stereocenters. The highest BCUT2D eigenvalue weighted by atomic mass is 35.5. The maximum absolute atomic E-state index is 6.15. The van der Waals surface area contributed by atoms with Gasteiger partial charge in [-0.1, -0.05) is 49.8 Å². The van der Waals surface area contributed by atoms with Crippen molar-refractivity contribution in [2.45, 2.75) is 57.9 Å². The molecule has 0 saturated heterocycles. The van der Waals surface area contributed by atoms with Crippen LogP contribution in [-0.2, 0) is 0 Å². The molecule has 0 radical (unpaired) electrons. The maximum Gasteiger partial charge on any atom is 0.0455 e. The molecule has 0 bridgehead atoms. The smallest absolute Gasteiger partial charge is 0.0455 e. The standard InChI is InChI=1S/C15H22ClN/c1-12-9-10-14(11-15(12)16)17-13-7-5-3-2-4-6-8-13/h9-11,13,17H,2-8H2,1H3. The minimum absolute atomic E-state index is 0.633. The number of benzene rings is 1. The van der Waals surface area contributed by atoms with Crippen LogP contribution in [0.3, 0.4) is 0 Å². The average molecular weight is 252 g/mol. The van der Waals surface area contributed by atoms with Crippen LogP contribution in [0.2, 0.25) is 5.02 Å².